The number of hydrogen-bond acceptors (Lipinski definition) is 3. The van der Waals surface area contributed by atoms with Crippen LogP contribution < -0.4 is 0 Å². The largest absolute Gasteiger partial charge is 0.393 e. The van der Waals surface area contributed by atoms with Gasteiger partial charge >= 0.3 is 0 Å². The van der Waals surface area contributed by atoms with Crippen molar-refractivity contribution < 1.29 is 10.2 Å². The summed E-state index contributed by atoms with van der Waals surface area (Å²) in [5.41, 5.74) is -0.818. The molecule has 17 heavy (non-hydrogen) atoms. The van der Waals surface area contributed by atoms with Crippen molar-refractivity contribution in [2.24, 2.45) is 0 Å². The van der Waals surface area contributed by atoms with Crippen molar-refractivity contribution in [3.63, 3.8) is 0 Å². The molecular weight excluding hydrogens is 232 g/mol. The van der Waals surface area contributed by atoms with Gasteiger partial charge in [0, 0.05) is 16.0 Å². The zero-order chi connectivity index (χ0) is 11.9. The standard InChI is InChI=1S/C14H16O2S/c15-11-5-3-7-14(16,9-11)13-8-10-4-1-2-6-12(10)17-13/h1-2,4,6,8,11,15-16H,3,5,7,9H2/t11-,14+/m1/s1. The number of rotatable bonds is 1. The van der Waals surface area contributed by atoms with E-state index >= 15 is 0 Å². The van der Waals surface area contributed by atoms with E-state index in [0.717, 1.165) is 24.1 Å². The van der Waals surface area contributed by atoms with E-state index in [2.05, 4.69) is 18.2 Å². The maximum absolute atomic E-state index is 10.7. The summed E-state index contributed by atoms with van der Waals surface area (Å²) in [6.07, 6.45) is 2.58. The van der Waals surface area contributed by atoms with E-state index in [-0.39, 0.29) is 6.10 Å². The van der Waals surface area contributed by atoms with E-state index in [0.29, 0.717) is 6.42 Å². The van der Waals surface area contributed by atoms with Gasteiger partial charge in [0.2, 0.25) is 0 Å². The minimum atomic E-state index is -0.818. The molecule has 1 aliphatic rings. The normalized spacial score (nSPS) is 29.6. The summed E-state index contributed by atoms with van der Waals surface area (Å²) in [6.45, 7) is 0. The van der Waals surface area contributed by atoms with Crippen molar-refractivity contribution in [2.45, 2.75) is 37.4 Å². The van der Waals surface area contributed by atoms with Crippen LogP contribution in [0.5, 0.6) is 0 Å². The van der Waals surface area contributed by atoms with E-state index in [9.17, 15) is 10.2 Å². The molecule has 0 bridgehead atoms. The molecule has 0 radical (unpaired) electrons. The fraction of sp³-hybridized carbons (Fsp3) is 0.429. The van der Waals surface area contributed by atoms with Crippen molar-refractivity contribution >= 4 is 21.4 Å². The molecule has 0 unspecified atom stereocenters. The van der Waals surface area contributed by atoms with Gasteiger partial charge in [0.25, 0.3) is 0 Å². The summed E-state index contributed by atoms with van der Waals surface area (Å²) >= 11 is 1.64. The second kappa shape index (κ2) is 4.09. The number of aliphatic hydroxyl groups excluding tert-OH is 1. The molecule has 3 rings (SSSR count). The fourth-order valence-electron chi connectivity index (χ4n) is 2.66. The minimum Gasteiger partial charge on any atom is -0.393 e. The fourth-order valence-corrected chi connectivity index (χ4v) is 3.85. The molecule has 1 aromatic heterocycles. The smallest absolute Gasteiger partial charge is 0.101 e. The van der Waals surface area contributed by atoms with Crippen LogP contribution in [0.2, 0.25) is 0 Å². The Morgan fingerprint density at radius 3 is 2.88 bits per heavy atom. The van der Waals surface area contributed by atoms with Crippen molar-refractivity contribution in [2.75, 3.05) is 0 Å². The lowest BCUT2D eigenvalue weighted by atomic mass is 9.82. The van der Waals surface area contributed by atoms with Gasteiger partial charge in [-0.3, -0.25) is 0 Å². The third-order valence-electron chi connectivity index (χ3n) is 3.59. The number of aliphatic hydroxyl groups is 2. The first kappa shape index (κ1) is 11.2. The highest BCUT2D eigenvalue weighted by molar-refractivity contribution is 7.19. The predicted molar refractivity (Wildman–Crippen MR) is 70.2 cm³/mol. The topological polar surface area (TPSA) is 40.5 Å². The highest BCUT2D eigenvalue weighted by Crippen LogP contribution is 2.42. The Kier molecular flexibility index (Phi) is 2.69. The zero-order valence-electron chi connectivity index (χ0n) is 9.60. The first-order valence-corrected chi connectivity index (χ1v) is 6.88. The Hall–Kier alpha value is -0.900. The Bertz CT molecular complexity index is 501. The highest BCUT2D eigenvalue weighted by Gasteiger charge is 2.36. The van der Waals surface area contributed by atoms with Crippen LogP contribution in [0.4, 0.5) is 0 Å². The van der Waals surface area contributed by atoms with Gasteiger partial charge in [0.15, 0.2) is 0 Å². The van der Waals surface area contributed by atoms with E-state index in [4.69, 9.17) is 0 Å². The van der Waals surface area contributed by atoms with Crippen LogP contribution in [-0.2, 0) is 5.60 Å². The van der Waals surface area contributed by atoms with E-state index in [1.54, 1.807) is 11.3 Å². The van der Waals surface area contributed by atoms with Gasteiger partial charge in [-0.15, -0.1) is 11.3 Å². The molecule has 0 spiro atoms. The Morgan fingerprint density at radius 1 is 1.29 bits per heavy atom. The van der Waals surface area contributed by atoms with Crippen LogP contribution in [0.3, 0.4) is 0 Å². The average Bonchev–Trinajstić information content (AvgIpc) is 2.73. The molecule has 2 nitrogen and oxygen atoms in total. The van der Waals surface area contributed by atoms with E-state index in [1.165, 1.54) is 10.1 Å². The van der Waals surface area contributed by atoms with Gasteiger partial charge < -0.3 is 10.2 Å². The lowest BCUT2D eigenvalue weighted by Crippen LogP contribution is -2.34. The molecule has 3 heteroatoms. The lowest BCUT2D eigenvalue weighted by Gasteiger charge is -2.33. The van der Waals surface area contributed by atoms with Crippen LogP contribution in [0.25, 0.3) is 10.1 Å². The van der Waals surface area contributed by atoms with Gasteiger partial charge in [0.1, 0.15) is 5.60 Å². The Balaban J connectivity index is 2.02. The number of fused-ring (bicyclic) bond motifs is 1. The van der Waals surface area contributed by atoms with Crippen LogP contribution in [-0.4, -0.2) is 16.3 Å². The summed E-state index contributed by atoms with van der Waals surface area (Å²) in [4.78, 5) is 0.998. The number of thiophene rings is 1. The third kappa shape index (κ3) is 1.99. The minimum absolute atomic E-state index is 0.362. The molecule has 1 fully saturated rings. The molecule has 0 saturated heterocycles. The van der Waals surface area contributed by atoms with Gasteiger partial charge in [-0.1, -0.05) is 18.2 Å². The molecule has 1 aromatic carbocycles. The molecule has 2 N–H and O–H groups in total. The molecule has 1 aliphatic carbocycles. The van der Waals surface area contributed by atoms with E-state index < -0.39 is 5.60 Å². The highest BCUT2D eigenvalue weighted by atomic mass is 32.1. The van der Waals surface area contributed by atoms with Gasteiger partial charge in [-0.25, -0.2) is 0 Å². The molecule has 0 amide bonds. The summed E-state index contributed by atoms with van der Waals surface area (Å²) < 4.78 is 1.20. The zero-order valence-corrected chi connectivity index (χ0v) is 10.4. The first-order chi connectivity index (χ1) is 8.17. The average molecular weight is 248 g/mol. The second-order valence-electron chi connectivity index (χ2n) is 4.93. The molecular formula is C14H16O2S. The number of hydrogen-bond donors (Lipinski definition) is 2. The van der Waals surface area contributed by atoms with Gasteiger partial charge in [-0.05, 0) is 36.8 Å². The SMILES string of the molecule is O[C@@H]1CCC[C@@](O)(c2cc3ccccc3s2)C1. The maximum Gasteiger partial charge on any atom is 0.101 e. The molecule has 2 atom stereocenters. The molecule has 1 saturated carbocycles. The Labute approximate surface area is 105 Å². The maximum atomic E-state index is 10.7. The molecule has 2 aromatic rings. The van der Waals surface area contributed by atoms with Crippen LogP contribution in [0, 0.1) is 0 Å². The van der Waals surface area contributed by atoms with Gasteiger partial charge in [-0.2, -0.15) is 0 Å². The van der Waals surface area contributed by atoms with Crippen LogP contribution in [0.1, 0.15) is 30.6 Å². The molecule has 90 valence electrons. The quantitative estimate of drug-likeness (QED) is 0.814. The summed E-state index contributed by atoms with van der Waals surface area (Å²) in [7, 11) is 0. The van der Waals surface area contributed by atoms with Crippen molar-refractivity contribution in [3.8, 4) is 0 Å². The van der Waals surface area contributed by atoms with Crippen molar-refractivity contribution in [1.82, 2.24) is 0 Å². The number of benzene rings is 1. The second-order valence-corrected chi connectivity index (χ2v) is 6.01. The summed E-state index contributed by atoms with van der Waals surface area (Å²) in [6, 6.07) is 10.2. The monoisotopic (exact) mass is 248 g/mol. The van der Waals surface area contributed by atoms with Crippen LogP contribution in [0.15, 0.2) is 30.3 Å². The van der Waals surface area contributed by atoms with E-state index in [1.807, 2.05) is 12.1 Å². The Morgan fingerprint density at radius 2 is 2.12 bits per heavy atom. The summed E-state index contributed by atoms with van der Waals surface area (Å²) in [5.74, 6) is 0. The molecule has 0 aliphatic heterocycles. The molecule has 1 heterocycles. The third-order valence-corrected chi connectivity index (χ3v) is 4.89. The van der Waals surface area contributed by atoms with Crippen LogP contribution >= 0.6 is 11.3 Å². The lowest BCUT2D eigenvalue weighted by molar-refractivity contribution is -0.0472. The summed E-state index contributed by atoms with van der Waals surface area (Å²) in [5, 5.41) is 21.6. The van der Waals surface area contributed by atoms with Crippen molar-refractivity contribution in [3.05, 3.63) is 35.2 Å². The predicted octanol–water partition coefficient (Wildman–Crippen LogP) is 3.02. The first-order valence-electron chi connectivity index (χ1n) is 6.07. The van der Waals surface area contributed by atoms with Gasteiger partial charge in [0.05, 0.1) is 6.10 Å². The van der Waals surface area contributed by atoms with Crippen molar-refractivity contribution in [1.29, 1.82) is 0 Å².